The minimum atomic E-state index is 0.0177. The molecule has 2 heterocycles. The molecule has 1 amide bonds. The van der Waals surface area contributed by atoms with Crippen LogP contribution in [0.4, 0.5) is 5.82 Å². The van der Waals surface area contributed by atoms with E-state index < -0.39 is 0 Å². The summed E-state index contributed by atoms with van der Waals surface area (Å²) in [6.07, 6.45) is 3.33. The number of carbonyl (C=O) groups excluding carboxylic acids is 1. The van der Waals surface area contributed by atoms with Crippen LogP contribution in [0.25, 0.3) is 16.9 Å². The Balaban J connectivity index is 2.15. The van der Waals surface area contributed by atoms with Crippen molar-refractivity contribution in [2.75, 3.05) is 5.32 Å². The molecular formula is C19H21N3O. The third-order valence-electron chi connectivity index (χ3n) is 3.83. The van der Waals surface area contributed by atoms with E-state index in [1.54, 1.807) is 0 Å². The topological polar surface area (TPSA) is 46.4 Å². The highest BCUT2D eigenvalue weighted by molar-refractivity contribution is 5.94. The molecule has 3 rings (SSSR count). The Morgan fingerprint density at radius 3 is 2.48 bits per heavy atom. The van der Waals surface area contributed by atoms with Crippen molar-refractivity contribution in [3.8, 4) is 11.3 Å². The number of benzene rings is 1. The first-order valence-electron chi connectivity index (χ1n) is 7.94. The van der Waals surface area contributed by atoms with Crippen LogP contribution in [0.1, 0.15) is 30.9 Å². The lowest BCUT2D eigenvalue weighted by Gasteiger charge is -2.08. The Labute approximate surface area is 136 Å². The van der Waals surface area contributed by atoms with E-state index in [4.69, 9.17) is 4.98 Å². The van der Waals surface area contributed by atoms with Crippen LogP contribution in [0.2, 0.25) is 0 Å². The predicted octanol–water partition coefficient (Wildman–Crippen LogP) is 4.36. The largest absolute Gasteiger partial charge is 0.310 e. The van der Waals surface area contributed by atoms with Gasteiger partial charge in [-0.15, -0.1) is 0 Å². The zero-order chi connectivity index (χ0) is 16.4. The standard InChI is InChI=1S/C19H21N3O/c1-4-5-17(23)21-19-18(15-9-6-13(2)7-10-15)20-16-11-8-14(3)12-22(16)19/h6-12H,4-5H2,1-3H3,(H,21,23). The summed E-state index contributed by atoms with van der Waals surface area (Å²) < 4.78 is 1.96. The molecule has 0 fully saturated rings. The summed E-state index contributed by atoms with van der Waals surface area (Å²) >= 11 is 0. The second kappa shape index (κ2) is 6.24. The number of nitrogens with zero attached hydrogens (tertiary/aromatic N) is 2. The van der Waals surface area contributed by atoms with Crippen molar-refractivity contribution < 1.29 is 4.79 Å². The van der Waals surface area contributed by atoms with E-state index in [9.17, 15) is 4.79 Å². The molecule has 0 saturated heterocycles. The van der Waals surface area contributed by atoms with Crippen molar-refractivity contribution in [3.05, 3.63) is 53.7 Å². The Kier molecular flexibility index (Phi) is 4.15. The number of hydrogen-bond acceptors (Lipinski definition) is 2. The van der Waals surface area contributed by atoms with Crippen LogP contribution in [-0.4, -0.2) is 15.3 Å². The van der Waals surface area contributed by atoms with Gasteiger partial charge in [-0.05, 0) is 31.9 Å². The number of imidazole rings is 1. The van der Waals surface area contributed by atoms with E-state index in [0.29, 0.717) is 6.42 Å². The number of pyridine rings is 1. The van der Waals surface area contributed by atoms with Gasteiger partial charge in [-0.2, -0.15) is 0 Å². The molecule has 0 bridgehead atoms. The summed E-state index contributed by atoms with van der Waals surface area (Å²) in [4.78, 5) is 16.8. The van der Waals surface area contributed by atoms with Crippen LogP contribution in [0.5, 0.6) is 0 Å². The molecule has 1 N–H and O–H groups in total. The summed E-state index contributed by atoms with van der Waals surface area (Å²) in [7, 11) is 0. The van der Waals surface area contributed by atoms with Gasteiger partial charge in [-0.3, -0.25) is 9.20 Å². The Hall–Kier alpha value is -2.62. The van der Waals surface area contributed by atoms with Gasteiger partial charge in [0.25, 0.3) is 0 Å². The minimum absolute atomic E-state index is 0.0177. The predicted molar refractivity (Wildman–Crippen MR) is 93.6 cm³/mol. The third kappa shape index (κ3) is 3.11. The molecule has 23 heavy (non-hydrogen) atoms. The van der Waals surface area contributed by atoms with E-state index in [1.807, 2.05) is 48.7 Å². The zero-order valence-electron chi connectivity index (χ0n) is 13.8. The van der Waals surface area contributed by atoms with Gasteiger partial charge in [-0.25, -0.2) is 4.98 Å². The second-order valence-corrected chi connectivity index (χ2v) is 5.91. The molecule has 3 aromatic rings. The van der Waals surface area contributed by atoms with Crippen LogP contribution in [-0.2, 0) is 4.79 Å². The Morgan fingerprint density at radius 1 is 1.09 bits per heavy atom. The fourth-order valence-corrected chi connectivity index (χ4v) is 2.60. The highest BCUT2D eigenvalue weighted by Crippen LogP contribution is 2.29. The molecule has 4 nitrogen and oxygen atoms in total. The van der Waals surface area contributed by atoms with Crippen molar-refractivity contribution in [2.24, 2.45) is 0 Å². The number of fused-ring (bicyclic) bond motifs is 1. The molecule has 0 aliphatic heterocycles. The van der Waals surface area contributed by atoms with Crippen LogP contribution in [0.15, 0.2) is 42.6 Å². The molecule has 0 aliphatic carbocycles. The SMILES string of the molecule is CCCC(=O)Nc1c(-c2ccc(C)cc2)nc2ccc(C)cn12. The fraction of sp³-hybridized carbons (Fsp3) is 0.263. The molecule has 0 saturated carbocycles. The summed E-state index contributed by atoms with van der Waals surface area (Å²) in [5.41, 5.74) is 4.96. The normalized spacial score (nSPS) is 10.9. The third-order valence-corrected chi connectivity index (χ3v) is 3.83. The average Bonchev–Trinajstić information content (AvgIpc) is 2.86. The average molecular weight is 307 g/mol. The summed E-state index contributed by atoms with van der Waals surface area (Å²) in [6, 6.07) is 12.2. The van der Waals surface area contributed by atoms with Gasteiger partial charge in [0.2, 0.25) is 5.91 Å². The molecule has 0 atom stereocenters. The molecule has 2 aromatic heterocycles. The molecule has 0 aliphatic rings. The van der Waals surface area contributed by atoms with Gasteiger partial charge in [0.1, 0.15) is 17.2 Å². The van der Waals surface area contributed by atoms with Crippen molar-refractivity contribution in [2.45, 2.75) is 33.6 Å². The number of nitrogens with one attached hydrogen (secondary N) is 1. The lowest BCUT2D eigenvalue weighted by atomic mass is 10.1. The first kappa shape index (κ1) is 15.3. The maximum absolute atomic E-state index is 12.1. The number of hydrogen-bond donors (Lipinski definition) is 1. The van der Waals surface area contributed by atoms with Crippen molar-refractivity contribution in [3.63, 3.8) is 0 Å². The van der Waals surface area contributed by atoms with Crippen molar-refractivity contribution in [1.29, 1.82) is 0 Å². The van der Waals surface area contributed by atoms with Gasteiger partial charge in [0.05, 0.1) is 0 Å². The van der Waals surface area contributed by atoms with Gasteiger partial charge >= 0.3 is 0 Å². The lowest BCUT2D eigenvalue weighted by molar-refractivity contribution is -0.116. The van der Waals surface area contributed by atoms with E-state index in [2.05, 4.69) is 24.4 Å². The highest BCUT2D eigenvalue weighted by atomic mass is 16.1. The van der Waals surface area contributed by atoms with Crippen LogP contribution in [0.3, 0.4) is 0 Å². The monoisotopic (exact) mass is 307 g/mol. The number of anilines is 1. The first-order chi connectivity index (χ1) is 11.1. The maximum atomic E-state index is 12.1. The summed E-state index contributed by atoms with van der Waals surface area (Å²) in [5, 5.41) is 3.04. The van der Waals surface area contributed by atoms with Gasteiger partial charge in [-0.1, -0.05) is 42.8 Å². The minimum Gasteiger partial charge on any atom is -0.310 e. The number of carbonyl (C=O) groups is 1. The van der Waals surface area contributed by atoms with Gasteiger partial charge in [0, 0.05) is 18.2 Å². The second-order valence-electron chi connectivity index (χ2n) is 5.91. The quantitative estimate of drug-likeness (QED) is 0.778. The van der Waals surface area contributed by atoms with Crippen LogP contribution in [0, 0.1) is 13.8 Å². The van der Waals surface area contributed by atoms with Crippen LogP contribution < -0.4 is 5.32 Å². The zero-order valence-corrected chi connectivity index (χ0v) is 13.8. The van der Waals surface area contributed by atoms with E-state index in [1.165, 1.54) is 5.56 Å². The van der Waals surface area contributed by atoms with Crippen molar-refractivity contribution >= 4 is 17.4 Å². The number of aromatic nitrogens is 2. The van der Waals surface area contributed by atoms with E-state index >= 15 is 0 Å². The molecular weight excluding hydrogens is 286 g/mol. The Morgan fingerprint density at radius 2 is 1.78 bits per heavy atom. The van der Waals surface area contributed by atoms with E-state index in [0.717, 1.165) is 34.7 Å². The molecule has 0 radical (unpaired) electrons. The molecule has 0 spiro atoms. The molecule has 4 heteroatoms. The van der Waals surface area contributed by atoms with Crippen LogP contribution >= 0.6 is 0 Å². The summed E-state index contributed by atoms with van der Waals surface area (Å²) in [5.74, 6) is 0.759. The molecule has 0 unspecified atom stereocenters. The number of aryl methyl sites for hydroxylation is 2. The lowest BCUT2D eigenvalue weighted by Crippen LogP contribution is -2.13. The fourth-order valence-electron chi connectivity index (χ4n) is 2.60. The number of rotatable bonds is 4. The van der Waals surface area contributed by atoms with Gasteiger partial charge in [0.15, 0.2) is 0 Å². The smallest absolute Gasteiger partial charge is 0.225 e. The number of amides is 1. The Bertz CT molecular complexity index is 847. The van der Waals surface area contributed by atoms with Crippen molar-refractivity contribution in [1.82, 2.24) is 9.38 Å². The first-order valence-corrected chi connectivity index (χ1v) is 7.94. The molecule has 118 valence electrons. The van der Waals surface area contributed by atoms with Gasteiger partial charge < -0.3 is 5.32 Å². The van der Waals surface area contributed by atoms with E-state index in [-0.39, 0.29) is 5.91 Å². The highest BCUT2D eigenvalue weighted by Gasteiger charge is 2.16. The molecule has 1 aromatic carbocycles. The maximum Gasteiger partial charge on any atom is 0.225 e. The summed E-state index contributed by atoms with van der Waals surface area (Å²) in [6.45, 7) is 6.09.